The molecule has 2 aromatic heterocycles. The molecule has 0 aliphatic rings. The maximum atomic E-state index is 12.5. The third kappa shape index (κ3) is 2.89. The van der Waals surface area contributed by atoms with Gasteiger partial charge in [-0.2, -0.15) is 5.10 Å². The van der Waals surface area contributed by atoms with Gasteiger partial charge in [0, 0.05) is 15.8 Å². The largest absolute Gasteiger partial charge is 0.505 e. The highest BCUT2D eigenvalue weighted by Crippen LogP contribution is 2.38. The third-order valence-electron chi connectivity index (χ3n) is 4.28. The number of hydrogen-bond acceptors (Lipinski definition) is 5. The zero-order valence-electron chi connectivity index (χ0n) is 14.3. The fourth-order valence-electron chi connectivity index (χ4n) is 3.13. The second-order valence-corrected chi connectivity index (χ2v) is 6.44. The summed E-state index contributed by atoms with van der Waals surface area (Å²) in [6, 6.07) is 12.5. The number of aromatic hydroxyl groups is 1. The second-order valence-electron chi connectivity index (χ2n) is 6.01. The molecule has 8 nitrogen and oxygen atoms in total. The van der Waals surface area contributed by atoms with E-state index >= 15 is 0 Å². The van der Waals surface area contributed by atoms with Gasteiger partial charge in [0.2, 0.25) is 0 Å². The Bertz CT molecular complexity index is 1250. The molecule has 0 saturated carbocycles. The molecule has 0 saturated heterocycles. The number of carbonyl (C=O) groups is 2. The first-order valence-corrected chi connectivity index (χ1v) is 8.58. The minimum absolute atomic E-state index is 0.190. The van der Waals surface area contributed by atoms with E-state index in [0.29, 0.717) is 21.4 Å². The van der Waals surface area contributed by atoms with Crippen molar-refractivity contribution in [1.82, 2.24) is 19.9 Å². The molecule has 0 radical (unpaired) electrons. The number of aliphatic carboxylic acids is 1. The molecule has 0 spiro atoms. The Labute approximate surface area is 163 Å². The highest BCUT2D eigenvalue weighted by Gasteiger charge is 2.23. The normalized spacial score (nSPS) is 11.0. The molecular formula is C19H13ClN4O4. The van der Waals surface area contributed by atoms with Gasteiger partial charge in [0.25, 0.3) is 5.91 Å². The van der Waals surface area contributed by atoms with Crippen LogP contribution >= 0.6 is 11.6 Å². The zero-order chi connectivity index (χ0) is 19.8. The van der Waals surface area contributed by atoms with E-state index in [2.05, 4.69) is 15.4 Å². The summed E-state index contributed by atoms with van der Waals surface area (Å²) in [5.41, 5.74) is 1.73. The van der Waals surface area contributed by atoms with Crippen LogP contribution in [0, 0.1) is 0 Å². The first kappa shape index (κ1) is 17.7. The highest BCUT2D eigenvalue weighted by atomic mass is 35.5. The summed E-state index contributed by atoms with van der Waals surface area (Å²) in [5, 5.41) is 27.4. The lowest BCUT2D eigenvalue weighted by molar-refractivity contribution is -0.135. The van der Waals surface area contributed by atoms with Gasteiger partial charge in [-0.3, -0.25) is 9.59 Å². The van der Waals surface area contributed by atoms with Gasteiger partial charge in [-0.15, -0.1) is 0 Å². The van der Waals surface area contributed by atoms with E-state index in [4.69, 9.17) is 16.7 Å². The van der Waals surface area contributed by atoms with E-state index in [1.807, 2.05) is 18.2 Å². The molecule has 140 valence electrons. The second kappa shape index (κ2) is 6.82. The number of halogens is 1. The van der Waals surface area contributed by atoms with Gasteiger partial charge >= 0.3 is 5.97 Å². The van der Waals surface area contributed by atoms with Crippen molar-refractivity contribution in [3.05, 3.63) is 59.5 Å². The monoisotopic (exact) mass is 396 g/mol. The smallest absolute Gasteiger partial charge is 0.322 e. The Balaban J connectivity index is 2.01. The lowest BCUT2D eigenvalue weighted by Gasteiger charge is -2.13. The zero-order valence-corrected chi connectivity index (χ0v) is 15.0. The average molecular weight is 397 g/mol. The minimum Gasteiger partial charge on any atom is -0.505 e. The Kier molecular flexibility index (Phi) is 4.32. The fraction of sp³-hybridized carbons (Fsp3) is 0.0526. The molecule has 4 rings (SSSR count). The van der Waals surface area contributed by atoms with Crippen molar-refractivity contribution in [3.8, 4) is 16.9 Å². The number of hydrogen-bond donors (Lipinski definition) is 3. The van der Waals surface area contributed by atoms with Crippen molar-refractivity contribution >= 4 is 39.9 Å². The number of nitrogens with zero attached hydrogens (tertiary/aromatic N) is 3. The van der Waals surface area contributed by atoms with Crippen LogP contribution in [0.1, 0.15) is 10.5 Å². The average Bonchev–Trinajstić information content (AvgIpc) is 3.15. The molecule has 1 amide bonds. The Morgan fingerprint density at radius 2 is 1.96 bits per heavy atom. The van der Waals surface area contributed by atoms with Crippen LogP contribution in [0.25, 0.3) is 27.5 Å². The SMILES string of the molecule is O=C(O)CNC(=O)c1c(O)c2cccc(-c3cccc(Cl)c3)c2c2ncnn12. The summed E-state index contributed by atoms with van der Waals surface area (Å²) >= 11 is 6.12. The molecule has 0 unspecified atom stereocenters. The molecule has 0 fully saturated rings. The molecule has 0 bridgehead atoms. The maximum absolute atomic E-state index is 12.5. The quantitative estimate of drug-likeness (QED) is 0.488. The van der Waals surface area contributed by atoms with Crippen molar-refractivity contribution in [3.63, 3.8) is 0 Å². The number of carbonyl (C=O) groups excluding carboxylic acids is 1. The van der Waals surface area contributed by atoms with E-state index in [1.165, 1.54) is 10.8 Å². The van der Waals surface area contributed by atoms with Crippen LogP contribution in [0.3, 0.4) is 0 Å². The first-order valence-electron chi connectivity index (χ1n) is 8.20. The van der Waals surface area contributed by atoms with Gasteiger partial charge in [0.15, 0.2) is 17.1 Å². The van der Waals surface area contributed by atoms with Gasteiger partial charge in [0.1, 0.15) is 12.9 Å². The fourth-order valence-corrected chi connectivity index (χ4v) is 3.32. The molecule has 2 aromatic carbocycles. The molecule has 3 N–H and O–H groups in total. The standard InChI is InChI=1S/C19H13ClN4O4/c20-11-4-1-3-10(7-11)12-5-2-6-13-15(12)18-22-9-23-24(18)16(17(13)27)19(28)21-8-14(25)26/h1-7,9,27H,8H2,(H,21,28)(H,25,26). The summed E-state index contributed by atoms with van der Waals surface area (Å²) in [6.45, 7) is -0.588. The number of fused-ring (bicyclic) bond motifs is 3. The van der Waals surface area contributed by atoms with Crippen LogP contribution in [-0.2, 0) is 4.79 Å². The van der Waals surface area contributed by atoms with Gasteiger partial charge in [-0.1, -0.05) is 41.9 Å². The molecule has 9 heteroatoms. The van der Waals surface area contributed by atoms with Crippen molar-refractivity contribution in [2.75, 3.05) is 6.54 Å². The number of rotatable bonds is 4. The number of nitrogens with one attached hydrogen (secondary N) is 1. The van der Waals surface area contributed by atoms with E-state index in [0.717, 1.165) is 11.1 Å². The van der Waals surface area contributed by atoms with Crippen LogP contribution in [0.4, 0.5) is 0 Å². The molecular weight excluding hydrogens is 384 g/mol. The predicted molar refractivity (Wildman–Crippen MR) is 103 cm³/mol. The first-order chi connectivity index (χ1) is 13.5. The van der Waals surface area contributed by atoms with E-state index < -0.39 is 18.4 Å². The summed E-state index contributed by atoms with van der Waals surface area (Å²) in [5.74, 6) is -2.29. The molecule has 0 aliphatic heterocycles. The summed E-state index contributed by atoms with van der Waals surface area (Å²) < 4.78 is 1.20. The lowest BCUT2D eigenvalue weighted by Crippen LogP contribution is -2.31. The number of carboxylic acid groups (broad SMARTS) is 1. The molecule has 2 heterocycles. The van der Waals surface area contributed by atoms with E-state index in [9.17, 15) is 14.7 Å². The van der Waals surface area contributed by atoms with Crippen molar-refractivity contribution in [2.24, 2.45) is 0 Å². The number of aromatic nitrogens is 3. The third-order valence-corrected chi connectivity index (χ3v) is 4.51. The van der Waals surface area contributed by atoms with Crippen molar-refractivity contribution < 1.29 is 19.8 Å². The number of amides is 1. The van der Waals surface area contributed by atoms with Gasteiger partial charge in [0.05, 0.1) is 0 Å². The Morgan fingerprint density at radius 1 is 1.18 bits per heavy atom. The van der Waals surface area contributed by atoms with E-state index in [1.54, 1.807) is 24.3 Å². The van der Waals surface area contributed by atoms with Crippen LogP contribution in [-0.4, -0.2) is 43.2 Å². The number of carboxylic acids is 1. The topological polar surface area (TPSA) is 117 Å². The van der Waals surface area contributed by atoms with Gasteiger partial charge < -0.3 is 15.5 Å². The number of benzene rings is 2. The minimum atomic E-state index is -1.20. The Hall–Kier alpha value is -3.65. The molecule has 4 aromatic rings. The Morgan fingerprint density at radius 3 is 2.71 bits per heavy atom. The highest BCUT2D eigenvalue weighted by molar-refractivity contribution is 6.31. The number of pyridine rings is 1. The summed E-state index contributed by atoms with van der Waals surface area (Å²) in [4.78, 5) is 27.5. The van der Waals surface area contributed by atoms with Crippen LogP contribution in [0.5, 0.6) is 5.75 Å². The van der Waals surface area contributed by atoms with Crippen molar-refractivity contribution in [2.45, 2.75) is 0 Å². The maximum Gasteiger partial charge on any atom is 0.322 e. The van der Waals surface area contributed by atoms with Crippen molar-refractivity contribution in [1.29, 1.82) is 0 Å². The predicted octanol–water partition coefficient (Wildman–Crippen LogP) is 2.72. The molecule has 0 aliphatic carbocycles. The molecule has 0 atom stereocenters. The van der Waals surface area contributed by atoms with Crippen LogP contribution in [0.15, 0.2) is 48.8 Å². The van der Waals surface area contributed by atoms with Crippen LogP contribution in [0.2, 0.25) is 5.02 Å². The molecule has 28 heavy (non-hydrogen) atoms. The van der Waals surface area contributed by atoms with Gasteiger partial charge in [-0.25, -0.2) is 9.50 Å². The lowest BCUT2D eigenvalue weighted by atomic mass is 9.98. The van der Waals surface area contributed by atoms with Crippen LogP contribution < -0.4 is 5.32 Å². The summed E-state index contributed by atoms with van der Waals surface area (Å²) in [6.07, 6.45) is 1.26. The van der Waals surface area contributed by atoms with E-state index in [-0.39, 0.29) is 11.4 Å². The van der Waals surface area contributed by atoms with Gasteiger partial charge in [-0.05, 0) is 23.3 Å². The summed E-state index contributed by atoms with van der Waals surface area (Å²) in [7, 11) is 0.